The van der Waals surface area contributed by atoms with E-state index in [0.717, 1.165) is 17.9 Å². The summed E-state index contributed by atoms with van der Waals surface area (Å²) in [6, 6.07) is 1.45. The lowest BCUT2D eigenvalue weighted by molar-refractivity contribution is 0.253. The molecular weight excluding hydrogens is 272 g/mol. The fraction of sp³-hybridized carbons (Fsp3) is 1.00. The van der Waals surface area contributed by atoms with Crippen LogP contribution in [0, 0.1) is 11.8 Å². The minimum absolute atomic E-state index is 0.235. The van der Waals surface area contributed by atoms with Crippen molar-refractivity contribution in [3.05, 3.63) is 0 Å². The molecule has 0 spiro atoms. The number of likely N-dealkylation sites (tertiary alicyclic amines) is 1. The molecule has 2 heterocycles. The molecule has 2 saturated heterocycles. The maximum Gasteiger partial charge on any atom is 0.0212 e. The van der Waals surface area contributed by atoms with Gasteiger partial charge in [0.2, 0.25) is 0 Å². The van der Waals surface area contributed by atoms with Crippen LogP contribution in [0.3, 0.4) is 0 Å². The minimum atomic E-state index is 0.235. The van der Waals surface area contributed by atoms with Crippen molar-refractivity contribution in [2.24, 2.45) is 11.8 Å². The van der Waals surface area contributed by atoms with E-state index in [1.807, 2.05) is 0 Å². The third-order valence-electron chi connectivity index (χ3n) is 5.61. The lowest BCUT2D eigenvalue weighted by Gasteiger charge is -2.30. The number of nitrogens with zero attached hydrogens (tertiary/aromatic N) is 1. The van der Waals surface area contributed by atoms with E-state index in [1.165, 1.54) is 45.6 Å². The first-order valence-corrected chi connectivity index (χ1v) is 9.22. The summed E-state index contributed by atoms with van der Waals surface area (Å²) in [4.78, 5) is 2.64. The van der Waals surface area contributed by atoms with Gasteiger partial charge in [-0.1, -0.05) is 0 Å². The summed E-state index contributed by atoms with van der Waals surface area (Å²) in [5, 5.41) is 11.2. The van der Waals surface area contributed by atoms with Crippen LogP contribution in [0.15, 0.2) is 0 Å². The van der Waals surface area contributed by atoms with Gasteiger partial charge in [0.25, 0.3) is 0 Å². The van der Waals surface area contributed by atoms with E-state index in [4.69, 9.17) is 0 Å². The van der Waals surface area contributed by atoms with Crippen LogP contribution in [-0.4, -0.2) is 60.8 Å². The standard InChI is InChI=1S/C18H36N4/c1-17(2,3)20-13-6-8-22(12-13)9-7-18(4,5)21-16-14-10-19-11-15(14)16/h13-16,19-21H,6-12H2,1-5H3/t13-,14-,15+,16?/m0/s1. The number of hydrogen-bond acceptors (Lipinski definition) is 4. The third kappa shape index (κ3) is 4.22. The molecule has 0 aromatic heterocycles. The molecule has 2 aliphatic heterocycles. The fourth-order valence-corrected chi connectivity index (χ4v) is 4.36. The Hall–Kier alpha value is -0.160. The van der Waals surface area contributed by atoms with Crippen molar-refractivity contribution in [1.82, 2.24) is 20.9 Å². The summed E-state index contributed by atoms with van der Waals surface area (Å²) in [5.74, 6) is 1.82. The van der Waals surface area contributed by atoms with Crippen LogP contribution in [0.4, 0.5) is 0 Å². The summed E-state index contributed by atoms with van der Waals surface area (Å²) < 4.78 is 0. The third-order valence-corrected chi connectivity index (χ3v) is 5.61. The molecule has 3 N–H and O–H groups in total. The van der Waals surface area contributed by atoms with Gasteiger partial charge >= 0.3 is 0 Å². The molecule has 4 nitrogen and oxygen atoms in total. The molecule has 3 aliphatic rings. The van der Waals surface area contributed by atoms with Crippen molar-refractivity contribution >= 4 is 0 Å². The zero-order valence-electron chi connectivity index (χ0n) is 15.2. The Bertz CT molecular complexity index is 377. The van der Waals surface area contributed by atoms with Crippen LogP contribution in [0.25, 0.3) is 0 Å². The van der Waals surface area contributed by atoms with Crippen molar-refractivity contribution in [3.63, 3.8) is 0 Å². The predicted molar refractivity (Wildman–Crippen MR) is 93.2 cm³/mol. The smallest absolute Gasteiger partial charge is 0.0212 e. The molecule has 3 rings (SSSR count). The van der Waals surface area contributed by atoms with Gasteiger partial charge in [0.05, 0.1) is 0 Å². The molecule has 3 fully saturated rings. The van der Waals surface area contributed by atoms with Crippen molar-refractivity contribution < 1.29 is 0 Å². The van der Waals surface area contributed by atoms with Crippen LogP contribution in [0.2, 0.25) is 0 Å². The van der Waals surface area contributed by atoms with E-state index < -0.39 is 0 Å². The second kappa shape index (κ2) is 6.04. The summed E-state index contributed by atoms with van der Waals surface area (Å²) in [5.41, 5.74) is 0.504. The van der Waals surface area contributed by atoms with Gasteiger partial charge < -0.3 is 20.9 Å². The van der Waals surface area contributed by atoms with Gasteiger partial charge in [0, 0.05) is 29.7 Å². The van der Waals surface area contributed by atoms with E-state index >= 15 is 0 Å². The Balaban J connectivity index is 1.37. The number of fused-ring (bicyclic) bond motifs is 1. The van der Waals surface area contributed by atoms with Crippen LogP contribution in [-0.2, 0) is 0 Å². The first kappa shape index (κ1) is 16.7. The summed E-state index contributed by atoms with van der Waals surface area (Å²) in [6.45, 7) is 17.7. The zero-order chi connectivity index (χ0) is 16.0. The normalized spacial score (nSPS) is 35.9. The number of nitrogens with one attached hydrogen (secondary N) is 3. The first-order valence-electron chi connectivity index (χ1n) is 9.22. The van der Waals surface area contributed by atoms with Gasteiger partial charge in [-0.25, -0.2) is 0 Å². The number of hydrogen-bond donors (Lipinski definition) is 3. The first-order chi connectivity index (χ1) is 10.2. The van der Waals surface area contributed by atoms with E-state index in [-0.39, 0.29) is 11.1 Å². The molecule has 22 heavy (non-hydrogen) atoms. The summed E-state index contributed by atoms with van der Waals surface area (Å²) in [7, 11) is 0. The molecule has 0 bridgehead atoms. The van der Waals surface area contributed by atoms with Crippen LogP contribution >= 0.6 is 0 Å². The maximum atomic E-state index is 3.92. The Morgan fingerprint density at radius 3 is 2.36 bits per heavy atom. The highest BCUT2D eigenvalue weighted by molar-refractivity contribution is 5.11. The predicted octanol–water partition coefficient (Wildman–Crippen LogP) is 1.42. The SMILES string of the molecule is CC(C)(C)N[C@H]1CCN(CCC(C)(C)NC2[C@H]3CNC[C@@H]23)C1. The van der Waals surface area contributed by atoms with Crippen molar-refractivity contribution in [1.29, 1.82) is 0 Å². The van der Waals surface area contributed by atoms with Gasteiger partial charge in [0.1, 0.15) is 0 Å². The van der Waals surface area contributed by atoms with Crippen molar-refractivity contribution in [2.45, 2.75) is 70.6 Å². The highest BCUT2D eigenvalue weighted by Gasteiger charge is 2.53. The number of piperidine rings is 1. The Kier molecular flexibility index (Phi) is 4.59. The monoisotopic (exact) mass is 308 g/mol. The van der Waals surface area contributed by atoms with Crippen molar-refractivity contribution in [2.75, 3.05) is 32.7 Å². The van der Waals surface area contributed by atoms with E-state index in [9.17, 15) is 0 Å². The average Bonchev–Trinajstić information content (AvgIpc) is 2.83. The molecule has 1 saturated carbocycles. The van der Waals surface area contributed by atoms with Crippen LogP contribution in [0.1, 0.15) is 47.5 Å². The highest BCUT2D eigenvalue weighted by Crippen LogP contribution is 2.42. The van der Waals surface area contributed by atoms with Gasteiger partial charge in [-0.15, -0.1) is 0 Å². The molecule has 0 aromatic rings. The molecule has 4 atom stereocenters. The second-order valence-corrected chi connectivity index (χ2v) is 9.47. The summed E-state index contributed by atoms with van der Waals surface area (Å²) in [6.07, 6.45) is 2.54. The van der Waals surface area contributed by atoms with E-state index in [2.05, 4.69) is 55.5 Å². The van der Waals surface area contributed by atoms with Crippen molar-refractivity contribution in [3.8, 4) is 0 Å². The highest BCUT2D eigenvalue weighted by atomic mass is 15.2. The van der Waals surface area contributed by atoms with Crippen LogP contribution < -0.4 is 16.0 Å². The molecule has 1 unspecified atom stereocenters. The molecule has 0 radical (unpaired) electrons. The maximum absolute atomic E-state index is 3.92. The van der Waals surface area contributed by atoms with Gasteiger partial charge in [-0.2, -0.15) is 0 Å². The molecule has 4 heteroatoms. The Morgan fingerprint density at radius 1 is 1.05 bits per heavy atom. The molecule has 0 amide bonds. The van der Waals surface area contributed by atoms with Gasteiger partial charge in [0.15, 0.2) is 0 Å². The lowest BCUT2D eigenvalue weighted by atomic mass is 10.00. The lowest BCUT2D eigenvalue weighted by Crippen LogP contribution is -2.47. The Labute approximate surface area is 136 Å². The minimum Gasteiger partial charge on any atom is -0.316 e. The number of rotatable bonds is 6. The summed E-state index contributed by atoms with van der Waals surface area (Å²) >= 11 is 0. The average molecular weight is 309 g/mol. The van der Waals surface area contributed by atoms with Gasteiger partial charge in [-0.05, 0) is 85.5 Å². The molecular formula is C18H36N4. The Morgan fingerprint density at radius 2 is 1.73 bits per heavy atom. The fourth-order valence-electron chi connectivity index (χ4n) is 4.36. The molecule has 0 aromatic carbocycles. The molecule has 1 aliphatic carbocycles. The van der Waals surface area contributed by atoms with Crippen LogP contribution in [0.5, 0.6) is 0 Å². The van der Waals surface area contributed by atoms with E-state index in [0.29, 0.717) is 6.04 Å². The zero-order valence-corrected chi connectivity index (χ0v) is 15.2. The molecule has 128 valence electrons. The van der Waals surface area contributed by atoms with E-state index in [1.54, 1.807) is 0 Å². The topological polar surface area (TPSA) is 39.3 Å². The quantitative estimate of drug-likeness (QED) is 0.694. The largest absolute Gasteiger partial charge is 0.316 e. The second-order valence-electron chi connectivity index (χ2n) is 9.47. The van der Waals surface area contributed by atoms with Gasteiger partial charge in [-0.3, -0.25) is 0 Å².